The van der Waals surface area contributed by atoms with Crippen molar-refractivity contribution < 1.29 is 9.59 Å². The first kappa shape index (κ1) is 14.4. The molecule has 1 aromatic rings. The van der Waals surface area contributed by atoms with Crippen molar-refractivity contribution in [3.63, 3.8) is 0 Å². The molecule has 110 valence electrons. The van der Waals surface area contributed by atoms with E-state index < -0.39 is 0 Å². The molecule has 1 aromatic heterocycles. The van der Waals surface area contributed by atoms with E-state index in [1.165, 1.54) is 0 Å². The van der Waals surface area contributed by atoms with Crippen molar-refractivity contribution in [3.8, 4) is 0 Å². The molecule has 3 N–H and O–H groups in total. The van der Waals surface area contributed by atoms with E-state index in [1.807, 2.05) is 18.4 Å². The van der Waals surface area contributed by atoms with Crippen LogP contribution in [0.15, 0.2) is 6.20 Å². The smallest absolute Gasteiger partial charge is 0.271 e. The molecular formula is C13H21N5O2. The number of carbonyl (C=O) groups excluding carboxylic acids is 2. The van der Waals surface area contributed by atoms with E-state index in [4.69, 9.17) is 0 Å². The maximum absolute atomic E-state index is 11.9. The molecule has 1 aliphatic rings. The van der Waals surface area contributed by atoms with E-state index in [0.717, 1.165) is 25.5 Å². The van der Waals surface area contributed by atoms with Gasteiger partial charge >= 0.3 is 0 Å². The summed E-state index contributed by atoms with van der Waals surface area (Å²) in [5.74, 6) is 0.427. The lowest BCUT2D eigenvalue weighted by molar-refractivity contribution is -0.121. The standard InChI is InChI=1S/C13H21N5O2/c1-9(2)16-11(19)4-6-14-12(20)10-8-18-7-3-5-15-13(18)17-10/h8-9H,3-7H2,1-2H3,(H,14,20)(H,15,17)(H,16,19). The van der Waals surface area contributed by atoms with Gasteiger partial charge in [-0.3, -0.25) is 9.59 Å². The van der Waals surface area contributed by atoms with Gasteiger partial charge in [-0.1, -0.05) is 0 Å². The second kappa shape index (κ2) is 6.40. The number of aromatic nitrogens is 2. The van der Waals surface area contributed by atoms with Gasteiger partial charge in [-0.2, -0.15) is 0 Å². The van der Waals surface area contributed by atoms with Crippen LogP contribution in [0.25, 0.3) is 0 Å². The monoisotopic (exact) mass is 279 g/mol. The zero-order valence-corrected chi connectivity index (χ0v) is 11.9. The lowest BCUT2D eigenvalue weighted by Crippen LogP contribution is -2.34. The minimum atomic E-state index is -0.244. The van der Waals surface area contributed by atoms with Gasteiger partial charge in [0.05, 0.1) is 0 Å². The van der Waals surface area contributed by atoms with Crippen molar-refractivity contribution >= 4 is 17.8 Å². The SMILES string of the molecule is CC(C)NC(=O)CCNC(=O)c1cn2c(n1)NCCC2. The summed E-state index contributed by atoms with van der Waals surface area (Å²) < 4.78 is 1.93. The molecule has 0 spiro atoms. The van der Waals surface area contributed by atoms with Crippen LogP contribution in [0.2, 0.25) is 0 Å². The summed E-state index contributed by atoms with van der Waals surface area (Å²) >= 11 is 0. The molecule has 0 bridgehead atoms. The van der Waals surface area contributed by atoms with E-state index in [1.54, 1.807) is 6.20 Å². The second-order valence-corrected chi connectivity index (χ2v) is 5.15. The molecule has 0 aliphatic carbocycles. The molecule has 7 heteroatoms. The lowest BCUT2D eigenvalue weighted by atomic mass is 10.3. The van der Waals surface area contributed by atoms with Crippen LogP contribution in [0, 0.1) is 0 Å². The number of anilines is 1. The Hall–Kier alpha value is -2.05. The molecule has 0 aromatic carbocycles. The average Bonchev–Trinajstić information content (AvgIpc) is 2.81. The Balaban J connectivity index is 1.80. The predicted octanol–water partition coefficient (Wildman–Crippen LogP) is 0.343. The van der Waals surface area contributed by atoms with Crippen LogP contribution in [0.5, 0.6) is 0 Å². The van der Waals surface area contributed by atoms with Gasteiger partial charge in [0.1, 0.15) is 5.69 Å². The molecule has 1 aliphatic heterocycles. The first-order valence-corrected chi connectivity index (χ1v) is 6.95. The van der Waals surface area contributed by atoms with Gasteiger partial charge in [-0.05, 0) is 20.3 Å². The van der Waals surface area contributed by atoms with Crippen LogP contribution in [-0.2, 0) is 11.3 Å². The van der Waals surface area contributed by atoms with Gasteiger partial charge in [-0.15, -0.1) is 0 Å². The Morgan fingerprint density at radius 2 is 2.30 bits per heavy atom. The molecule has 0 fully saturated rings. The average molecular weight is 279 g/mol. The van der Waals surface area contributed by atoms with Crippen molar-refractivity contribution in [1.29, 1.82) is 0 Å². The summed E-state index contributed by atoms with van der Waals surface area (Å²) in [5.41, 5.74) is 0.388. The lowest BCUT2D eigenvalue weighted by Gasteiger charge is -2.14. The van der Waals surface area contributed by atoms with Crippen LogP contribution in [-0.4, -0.2) is 40.5 Å². The molecule has 2 rings (SSSR count). The fourth-order valence-electron chi connectivity index (χ4n) is 2.06. The third-order valence-electron chi connectivity index (χ3n) is 2.96. The topological polar surface area (TPSA) is 88.1 Å². The zero-order valence-electron chi connectivity index (χ0n) is 11.9. The number of carbonyl (C=O) groups is 2. The molecule has 2 heterocycles. The van der Waals surface area contributed by atoms with Crippen LogP contribution < -0.4 is 16.0 Å². The molecule has 2 amide bonds. The van der Waals surface area contributed by atoms with Crippen LogP contribution in [0.4, 0.5) is 5.95 Å². The fourth-order valence-corrected chi connectivity index (χ4v) is 2.06. The summed E-state index contributed by atoms with van der Waals surface area (Å²) in [6.45, 7) is 5.87. The highest BCUT2D eigenvalue weighted by atomic mass is 16.2. The van der Waals surface area contributed by atoms with Crippen LogP contribution >= 0.6 is 0 Å². The number of hydrogen-bond acceptors (Lipinski definition) is 4. The normalized spacial score (nSPS) is 13.6. The van der Waals surface area contributed by atoms with Gasteiger partial charge in [0.15, 0.2) is 0 Å². The molecule has 0 radical (unpaired) electrons. The van der Waals surface area contributed by atoms with Gasteiger partial charge < -0.3 is 20.5 Å². The molecular weight excluding hydrogens is 258 g/mol. The number of nitrogens with zero attached hydrogens (tertiary/aromatic N) is 2. The number of rotatable bonds is 5. The maximum atomic E-state index is 11.9. The Bertz CT molecular complexity index is 471. The predicted molar refractivity (Wildman–Crippen MR) is 75.6 cm³/mol. The largest absolute Gasteiger partial charge is 0.356 e. The minimum Gasteiger partial charge on any atom is -0.356 e. The van der Waals surface area contributed by atoms with Crippen molar-refractivity contribution in [2.24, 2.45) is 0 Å². The molecule has 0 unspecified atom stereocenters. The Morgan fingerprint density at radius 1 is 1.50 bits per heavy atom. The second-order valence-electron chi connectivity index (χ2n) is 5.15. The number of fused-ring (bicyclic) bond motifs is 1. The van der Waals surface area contributed by atoms with Crippen molar-refractivity contribution in [2.45, 2.75) is 39.3 Å². The van der Waals surface area contributed by atoms with E-state index in [-0.39, 0.29) is 24.3 Å². The third kappa shape index (κ3) is 3.72. The Labute approximate surface area is 118 Å². The third-order valence-corrected chi connectivity index (χ3v) is 2.96. The fraction of sp³-hybridized carbons (Fsp3) is 0.615. The summed E-state index contributed by atoms with van der Waals surface area (Å²) in [6, 6.07) is 0.115. The first-order chi connectivity index (χ1) is 9.56. The summed E-state index contributed by atoms with van der Waals surface area (Å²) in [6.07, 6.45) is 3.04. The highest BCUT2D eigenvalue weighted by molar-refractivity contribution is 5.92. The number of imidazole rings is 1. The highest BCUT2D eigenvalue weighted by Crippen LogP contribution is 2.13. The molecule has 0 saturated heterocycles. The number of amides is 2. The highest BCUT2D eigenvalue weighted by Gasteiger charge is 2.16. The Kier molecular flexibility index (Phi) is 4.60. The van der Waals surface area contributed by atoms with Gasteiger partial charge in [0.2, 0.25) is 11.9 Å². The van der Waals surface area contributed by atoms with E-state index in [2.05, 4.69) is 20.9 Å². The quantitative estimate of drug-likeness (QED) is 0.725. The number of nitrogens with one attached hydrogen (secondary N) is 3. The summed E-state index contributed by atoms with van der Waals surface area (Å²) in [4.78, 5) is 27.6. The molecule has 7 nitrogen and oxygen atoms in total. The van der Waals surface area contributed by atoms with E-state index in [0.29, 0.717) is 12.2 Å². The molecule has 0 atom stereocenters. The van der Waals surface area contributed by atoms with Crippen molar-refractivity contribution in [1.82, 2.24) is 20.2 Å². The minimum absolute atomic E-state index is 0.0638. The number of hydrogen-bond donors (Lipinski definition) is 3. The first-order valence-electron chi connectivity index (χ1n) is 6.95. The van der Waals surface area contributed by atoms with Crippen molar-refractivity contribution in [3.05, 3.63) is 11.9 Å². The Morgan fingerprint density at radius 3 is 3.00 bits per heavy atom. The summed E-state index contributed by atoms with van der Waals surface area (Å²) in [5, 5.41) is 8.63. The van der Waals surface area contributed by atoms with Crippen LogP contribution in [0.3, 0.4) is 0 Å². The van der Waals surface area contributed by atoms with Crippen LogP contribution in [0.1, 0.15) is 37.2 Å². The maximum Gasteiger partial charge on any atom is 0.271 e. The van der Waals surface area contributed by atoms with Gasteiger partial charge in [-0.25, -0.2) is 4.98 Å². The molecule has 0 saturated carbocycles. The van der Waals surface area contributed by atoms with Gasteiger partial charge in [0, 0.05) is 38.3 Å². The van der Waals surface area contributed by atoms with E-state index >= 15 is 0 Å². The van der Waals surface area contributed by atoms with Gasteiger partial charge in [0.25, 0.3) is 5.91 Å². The van der Waals surface area contributed by atoms with Crippen molar-refractivity contribution in [2.75, 3.05) is 18.4 Å². The summed E-state index contributed by atoms with van der Waals surface area (Å²) in [7, 11) is 0. The van der Waals surface area contributed by atoms with E-state index in [9.17, 15) is 9.59 Å². The zero-order chi connectivity index (χ0) is 14.5. The molecule has 20 heavy (non-hydrogen) atoms. The number of aryl methyl sites for hydroxylation is 1.